The largest absolute Gasteiger partial charge is 0.469 e. The van der Waals surface area contributed by atoms with Crippen molar-refractivity contribution in [2.24, 2.45) is 10.4 Å². The molecule has 0 aliphatic carbocycles. The van der Waals surface area contributed by atoms with Crippen LogP contribution in [0.2, 0.25) is 0 Å². The fraction of sp³-hybridized carbons (Fsp3) is 0.478. The predicted molar refractivity (Wildman–Crippen MR) is 123 cm³/mol. The second-order valence-electron chi connectivity index (χ2n) is 7.92. The van der Waals surface area contributed by atoms with Gasteiger partial charge in [0, 0.05) is 45.8 Å². The van der Waals surface area contributed by atoms with E-state index in [0.717, 1.165) is 31.7 Å². The molecule has 164 valence electrons. The average Bonchev–Trinajstić information content (AvgIpc) is 3.27. The van der Waals surface area contributed by atoms with Crippen LogP contribution in [0.4, 0.5) is 5.69 Å². The van der Waals surface area contributed by atoms with Crippen LogP contribution < -0.4 is 20.9 Å². The van der Waals surface area contributed by atoms with Gasteiger partial charge in [0.15, 0.2) is 5.96 Å². The summed E-state index contributed by atoms with van der Waals surface area (Å²) in [5.41, 5.74) is 0.632. The van der Waals surface area contributed by atoms with Gasteiger partial charge in [-0.3, -0.25) is 9.79 Å². The van der Waals surface area contributed by atoms with Crippen molar-refractivity contribution in [2.45, 2.75) is 26.7 Å². The number of anilines is 1. The fourth-order valence-corrected chi connectivity index (χ4v) is 2.95. The van der Waals surface area contributed by atoms with Gasteiger partial charge < -0.3 is 25.3 Å². The van der Waals surface area contributed by atoms with Gasteiger partial charge in [-0.05, 0) is 44.5 Å². The Labute approximate surface area is 179 Å². The van der Waals surface area contributed by atoms with Crippen LogP contribution in [0.1, 0.15) is 26.0 Å². The van der Waals surface area contributed by atoms with Gasteiger partial charge in [-0.2, -0.15) is 0 Å². The highest BCUT2D eigenvalue weighted by Crippen LogP contribution is 2.15. The van der Waals surface area contributed by atoms with Gasteiger partial charge in [0.2, 0.25) is 5.91 Å². The summed E-state index contributed by atoms with van der Waals surface area (Å²) in [7, 11) is 3.75. The van der Waals surface area contributed by atoms with Gasteiger partial charge in [0.25, 0.3) is 0 Å². The zero-order chi connectivity index (χ0) is 21.8. The number of furan rings is 1. The number of hydrogen-bond donors (Lipinski definition) is 3. The summed E-state index contributed by atoms with van der Waals surface area (Å²) >= 11 is 0. The Kier molecular flexibility index (Phi) is 9.25. The highest BCUT2D eigenvalue weighted by molar-refractivity contribution is 5.83. The van der Waals surface area contributed by atoms with Crippen LogP contribution in [0.15, 0.2) is 58.1 Å². The lowest BCUT2D eigenvalue weighted by atomic mass is 9.93. The molecule has 3 N–H and O–H groups in total. The van der Waals surface area contributed by atoms with Gasteiger partial charge in [0.05, 0.1) is 18.2 Å². The first-order valence-electron chi connectivity index (χ1n) is 10.5. The summed E-state index contributed by atoms with van der Waals surface area (Å²) in [6.07, 6.45) is 3.41. The monoisotopic (exact) mass is 413 g/mol. The van der Waals surface area contributed by atoms with E-state index >= 15 is 0 Å². The number of nitrogens with one attached hydrogen (secondary N) is 3. The van der Waals surface area contributed by atoms with Crippen molar-refractivity contribution in [1.82, 2.24) is 16.0 Å². The zero-order valence-electron chi connectivity index (χ0n) is 18.6. The molecule has 0 fully saturated rings. The lowest BCUT2D eigenvalue weighted by molar-refractivity contribution is -0.128. The second kappa shape index (κ2) is 11.9. The van der Waals surface area contributed by atoms with E-state index in [2.05, 4.69) is 45.0 Å². The number of carbonyl (C=O) groups is 1. The van der Waals surface area contributed by atoms with E-state index < -0.39 is 5.41 Å². The third-order valence-corrected chi connectivity index (χ3v) is 4.88. The van der Waals surface area contributed by atoms with Crippen LogP contribution in [-0.4, -0.2) is 52.1 Å². The number of rotatable bonds is 11. The number of amides is 1. The van der Waals surface area contributed by atoms with E-state index in [1.165, 1.54) is 5.69 Å². The Morgan fingerprint density at radius 2 is 1.83 bits per heavy atom. The van der Waals surface area contributed by atoms with Gasteiger partial charge in [-0.1, -0.05) is 18.2 Å². The highest BCUT2D eigenvalue weighted by atomic mass is 16.3. The van der Waals surface area contributed by atoms with Crippen molar-refractivity contribution in [3.8, 4) is 0 Å². The molecular formula is C23H35N5O2. The van der Waals surface area contributed by atoms with Crippen molar-refractivity contribution in [1.29, 1.82) is 0 Å². The minimum Gasteiger partial charge on any atom is -0.469 e. The molecule has 0 atom stereocenters. The Morgan fingerprint density at radius 1 is 1.10 bits per heavy atom. The van der Waals surface area contributed by atoms with Crippen LogP contribution in [-0.2, 0) is 11.2 Å². The molecule has 7 heteroatoms. The Morgan fingerprint density at radius 3 is 2.50 bits per heavy atom. The third kappa shape index (κ3) is 7.81. The maximum Gasteiger partial charge on any atom is 0.227 e. The lowest BCUT2D eigenvalue weighted by Crippen LogP contribution is -2.42. The molecule has 1 amide bonds. The normalized spacial score (nSPS) is 11.8. The standard InChI is InChI=1S/C23H35N5O2/c1-23(2,21(29)24-3)18-27-22(26-15-13-20-12-8-17-30-20)25-14-9-16-28(4)19-10-6-5-7-11-19/h5-8,10-12,17H,9,13-16,18H2,1-4H3,(H,24,29)(H2,25,26,27). The van der Waals surface area contributed by atoms with Crippen molar-refractivity contribution in [2.75, 3.05) is 45.2 Å². The molecule has 0 aliphatic heterocycles. The number of nitrogens with zero attached hydrogens (tertiary/aromatic N) is 2. The number of benzene rings is 1. The van der Waals surface area contributed by atoms with Crippen molar-refractivity contribution >= 4 is 17.6 Å². The second-order valence-corrected chi connectivity index (χ2v) is 7.92. The molecule has 2 rings (SSSR count). The number of carbonyl (C=O) groups excluding carboxylic acids is 1. The number of hydrogen-bond acceptors (Lipinski definition) is 4. The van der Waals surface area contributed by atoms with E-state index in [-0.39, 0.29) is 5.91 Å². The first-order valence-corrected chi connectivity index (χ1v) is 10.5. The van der Waals surface area contributed by atoms with E-state index in [4.69, 9.17) is 4.42 Å². The van der Waals surface area contributed by atoms with E-state index in [9.17, 15) is 4.79 Å². The summed E-state index contributed by atoms with van der Waals surface area (Å²) in [6, 6.07) is 14.2. The minimum atomic E-state index is -0.572. The molecule has 7 nitrogen and oxygen atoms in total. The Bertz CT molecular complexity index is 772. The predicted octanol–water partition coefficient (Wildman–Crippen LogP) is 2.66. The van der Waals surface area contributed by atoms with Crippen molar-refractivity contribution in [3.05, 3.63) is 54.5 Å². The highest BCUT2D eigenvalue weighted by Gasteiger charge is 2.26. The molecule has 1 aromatic carbocycles. The fourth-order valence-electron chi connectivity index (χ4n) is 2.95. The van der Waals surface area contributed by atoms with Gasteiger partial charge >= 0.3 is 0 Å². The maximum absolute atomic E-state index is 12.0. The zero-order valence-corrected chi connectivity index (χ0v) is 18.6. The van der Waals surface area contributed by atoms with E-state index in [0.29, 0.717) is 19.0 Å². The number of para-hydroxylation sites is 1. The van der Waals surface area contributed by atoms with Crippen molar-refractivity contribution < 1.29 is 9.21 Å². The Balaban J connectivity index is 1.86. The van der Waals surface area contributed by atoms with Crippen LogP contribution >= 0.6 is 0 Å². The molecule has 1 aromatic heterocycles. The smallest absolute Gasteiger partial charge is 0.227 e. The Hall–Kier alpha value is -2.96. The average molecular weight is 414 g/mol. The molecule has 0 unspecified atom stereocenters. The lowest BCUT2D eigenvalue weighted by Gasteiger charge is -2.22. The van der Waals surface area contributed by atoms with Gasteiger partial charge in [-0.15, -0.1) is 0 Å². The van der Waals surface area contributed by atoms with Gasteiger partial charge in [-0.25, -0.2) is 0 Å². The first-order chi connectivity index (χ1) is 14.4. The van der Waals surface area contributed by atoms with Crippen LogP contribution in [0, 0.1) is 5.41 Å². The molecule has 0 spiro atoms. The van der Waals surface area contributed by atoms with Crippen molar-refractivity contribution in [3.63, 3.8) is 0 Å². The van der Waals surface area contributed by atoms with E-state index in [1.807, 2.05) is 44.2 Å². The van der Waals surface area contributed by atoms with Gasteiger partial charge in [0.1, 0.15) is 5.76 Å². The maximum atomic E-state index is 12.0. The molecule has 2 aromatic rings. The summed E-state index contributed by atoms with van der Waals surface area (Å²) in [5, 5.41) is 9.43. The number of guanidine groups is 1. The molecule has 0 radical (unpaired) electrons. The minimum absolute atomic E-state index is 0.0225. The molecule has 0 aliphatic rings. The SMILES string of the molecule is CNC(=O)C(C)(C)CN=C(NCCCN(C)c1ccccc1)NCCc1ccco1. The summed E-state index contributed by atoms with van der Waals surface area (Å²) in [5.74, 6) is 1.61. The molecular weight excluding hydrogens is 378 g/mol. The molecule has 30 heavy (non-hydrogen) atoms. The number of aliphatic imine (C=N–C) groups is 1. The summed E-state index contributed by atoms with van der Waals surface area (Å²) < 4.78 is 5.38. The first kappa shape index (κ1) is 23.3. The molecule has 1 heterocycles. The molecule has 0 saturated heterocycles. The van der Waals surface area contributed by atoms with Crippen LogP contribution in [0.5, 0.6) is 0 Å². The summed E-state index contributed by atoms with van der Waals surface area (Å²) in [6.45, 7) is 6.59. The van der Waals surface area contributed by atoms with Crippen LogP contribution in [0.3, 0.4) is 0 Å². The molecule has 0 bridgehead atoms. The molecule has 0 saturated carbocycles. The summed E-state index contributed by atoms with van der Waals surface area (Å²) in [4.78, 5) is 18.9. The quantitative estimate of drug-likeness (QED) is 0.300. The van der Waals surface area contributed by atoms with Crippen LogP contribution in [0.25, 0.3) is 0 Å². The third-order valence-electron chi connectivity index (χ3n) is 4.88. The van der Waals surface area contributed by atoms with E-state index in [1.54, 1.807) is 13.3 Å². The topological polar surface area (TPSA) is 81.9 Å².